The molecule has 8 heteroatoms. The first-order valence-electron chi connectivity index (χ1n) is 7.71. The van der Waals surface area contributed by atoms with E-state index in [1.165, 1.54) is 25.4 Å². The van der Waals surface area contributed by atoms with Gasteiger partial charge in [-0.1, -0.05) is 0 Å². The first-order chi connectivity index (χ1) is 12.6. The number of hydrogen-bond acceptors (Lipinski definition) is 7. The van der Waals surface area contributed by atoms with Crippen molar-refractivity contribution in [1.29, 1.82) is 5.41 Å². The summed E-state index contributed by atoms with van der Waals surface area (Å²) < 4.78 is 12.5. The zero-order chi connectivity index (χ0) is 18.5. The molecule has 0 saturated carbocycles. The largest absolute Gasteiger partial charge is 0.485 e. The fourth-order valence-corrected chi connectivity index (χ4v) is 2.38. The summed E-state index contributed by atoms with van der Waals surface area (Å²) in [5, 5.41) is 7.09. The molecule has 0 atom stereocenters. The van der Waals surface area contributed by atoms with Gasteiger partial charge in [-0.05, 0) is 18.2 Å². The van der Waals surface area contributed by atoms with Crippen molar-refractivity contribution < 1.29 is 14.3 Å². The van der Waals surface area contributed by atoms with Crippen LogP contribution in [0.2, 0.25) is 0 Å². The lowest BCUT2D eigenvalue weighted by Crippen LogP contribution is -2.00. The van der Waals surface area contributed by atoms with Gasteiger partial charge >= 0.3 is 0 Å². The van der Waals surface area contributed by atoms with E-state index in [1.54, 1.807) is 0 Å². The molecule has 0 saturated heterocycles. The normalized spacial score (nSPS) is 11.3. The van der Waals surface area contributed by atoms with Gasteiger partial charge in [-0.25, -0.2) is 9.97 Å². The van der Waals surface area contributed by atoms with Gasteiger partial charge in [-0.3, -0.25) is 4.79 Å². The summed E-state index contributed by atoms with van der Waals surface area (Å²) in [6.45, 7) is 0.178. The molecule has 3 aromatic rings. The van der Waals surface area contributed by atoms with E-state index in [1.807, 2.05) is 28.9 Å². The lowest BCUT2D eigenvalue weighted by Gasteiger charge is -2.07. The third-order valence-corrected chi connectivity index (χ3v) is 3.68. The number of fused-ring (bicyclic) bond motifs is 1. The van der Waals surface area contributed by atoms with Crippen molar-refractivity contribution in [3.63, 3.8) is 0 Å². The number of aldehydes is 1. The average molecular weight is 351 g/mol. The minimum atomic E-state index is 0.178. The Bertz CT molecular complexity index is 994. The molecule has 132 valence electrons. The van der Waals surface area contributed by atoms with Gasteiger partial charge in [0.05, 0.1) is 24.6 Å². The van der Waals surface area contributed by atoms with Crippen LogP contribution in [0.25, 0.3) is 11.3 Å². The summed E-state index contributed by atoms with van der Waals surface area (Å²) in [5.41, 5.74) is 8.95. The van der Waals surface area contributed by atoms with Gasteiger partial charge in [-0.15, -0.1) is 0 Å². The highest BCUT2D eigenvalue weighted by atomic mass is 16.5. The van der Waals surface area contributed by atoms with E-state index in [0.717, 1.165) is 17.4 Å². The first kappa shape index (κ1) is 17.2. The Balaban J connectivity index is 1.80. The van der Waals surface area contributed by atoms with Gasteiger partial charge in [-0.2, -0.15) is 0 Å². The Morgan fingerprint density at radius 1 is 1.38 bits per heavy atom. The van der Waals surface area contributed by atoms with E-state index in [2.05, 4.69) is 9.97 Å². The molecule has 0 aliphatic carbocycles. The van der Waals surface area contributed by atoms with Crippen molar-refractivity contribution in [3.8, 4) is 11.6 Å². The number of rotatable bonds is 7. The van der Waals surface area contributed by atoms with Gasteiger partial charge in [0.1, 0.15) is 18.0 Å². The predicted octanol–water partition coefficient (Wildman–Crippen LogP) is 2.08. The van der Waals surface area contributed by atoms with Crippen LogP contribution in [0.4, 0.5) is 0 Å². The van der Waals surface area contributed by atoms with Crippen LogP contribution in [0.1, 0.15) is 21.6 Å². The number of ether oxygens (including phenoxy) is 2. The number of hydrogen-bond donors (Lipinski definition) is 2. The summed E-state index contributed by atoms with van der Waals surface area (Å²) in [4.78, 5) is 19.7. The Morgan fingerprint density at radius 3 is 2.96 bits per heavy atom. The Hall–Kier alpha value is -3.68. The molecule has 3 N–H and O–H groups in total. The second kappa shape index (κ2) is 7.47. The molecule has 0 aliphatic heterocycles. The number of carbonyl (C=O) groups is 1. The molecule has 0 fully saturated rings. The zero-order valence-corrected chi connectivity index (χ0v) is 14.0. The minimum absolute atomic E-state index is 0.178. The molecular formula is C18H17N5O3. The number of aromatic nitrogens is 3. The second-order valence-corrected chi connectivity index (χ2v) is 5.38. The molecule has 26 heavy (non-hydrogen) atoms. The van der Waals surface area contributed by atoms with Gasteiger partial charge in [0.2, 0.25) is 5.88 Å². The fourth-order valence-electron chi connectivity index (χ4n) is 2.38. The lowest BCUT2D eigenvalue weighted by molar-refractivity contribution is 0.111. The van der Waals surface area contributed by atoms with E-state index < -0.39 is 0 Å². The summed E-state index contributed by atoms with van der Waals surface area (Å²) in [6, 6.07) is 5.17. The van der Waals surface area contributed by atoms with Crippen molar-refractivity contribution in [2.45, 2.75) is 6.61 Å². The topological polar surface area (TPSA) is 116 Å². The molecule has 0 aliphatic rings. The van der Waals surface area contributed by atoms with Crippen molar-refractivity contribution in [1.82, 2.24) is 14.4 Å². The van der Waals surface area contributed by atoms with Crippen LogP contribution in [-0.2, 0) is 6.61 Å². The van der Waals surface area contributed by atoms with Crippen molar-refractivity contribution in [2.75, 3.05) is 7.11 Å². The predicted molar refractivity (Wildman–Crippen MR) is 96.6 cm³/mol. The van der Waals surface area contributed by atoms with Crippen molar-refractivity contribution >= 4 is 23.8 Å². The molecule has 8 nitrogen and oxygen atoms in total. The number of nitrogens with zero attached hydrogens (tertiary/aromatic N) is 3. The first-order valence-corrected chi connectivity index (χ1v) is 7.71. The number of imidazole rings is 1. The molecule has 0 amide bonds. The monoisotopic (exact) mass is 351 g/mol. The quantitative estimate of drug-likeness (QED) is 0.497. The molecule has 0 unspecified atom stereocenters. The van der Waals surface area contributed by atoms with Crippen LogP contribution in [0, 0.1) is 5.41 Å². The highest BCUT2D eigenvalue weighted by molar-refractivity contribution is 5.81. The van der Waals surface area contributed by atoms with Crippen LogP contribution in [0.5, 0.6) is 11.6 Å². The maximum Gasteiger partial charge on any atom is 0.213 e. The van der Waals surface area contributed by atoms with E-state index in [-0.39, 0.29) is 6.61 Å². The Morgan fingerprint density at radius 2 is 2.23 bits per heavy atom. The second-order valence-electron chi connectivity index (χ2n) is 5.38. The van der Waals surface area contributed by atoms with Crippen LogP contribution >= 0.6 is 0 Å². The maximum atomic E-state index is 11.2. The number of pyridine rings is 2. The van der Waals surface area contributed by atoms with E-state index in [0.29, 0.717) is 34.9 Å². The molecule has 0 radical (unpaired) electrons. The van der Waals surface area contributed by atoms with Crippen LogP contribution in [-0.4, -0.2) is 34.0 Å². The van der Waals surface area contributed by atoms with Crippen LogP contribution in [0.3, 0.4) is 0 Å². The molecule has 0 bridgehead atoms. The highest BCUT2D eigenvalue weighted by Gasteiger charge is 2.09. The number of nitrogens with two attached hydrogens (primary N) is 1. The van der Waals surface area contributed by atoms with Gasteiger partial charge < -0.3 is 25.0 Å². The average Bonchev–Trinajstić information content (AvgIpc) is 3.08. The standard InChI is InChI=1S/C18H17N5O3/c1-25-18-6-13(10-24)16(7-21-18)26-11-14-9-23-8-12(15(20)4-5-19)2-3-17(23)22-14/h2-10,19H,11,20H2,1H3. The number of carbonyl (C=O) groups excluding carboxylic acids is 1. The van der Waals surface area contributed by atoms with Gasteiger partial charge in [0.15, 0.2) is 6.29 Å². The maximum absolute atomic E-state index is 11.2. The van der Waals surface area contributed by atoms with Crippen molar-refractivity contribution in [2.24, 2.45) is 5.73 Å². The SMILES string of the molecule is COc1cc(C=O)c(OCc2cn3cc(C(N)=CC=N)ccc3n2)cn1. The minimum Gasteiger partial charge on any atom is -0.485 e. The van der Waals surface area contributed by atoms with E-state index >= 15 is 0 Å². The third kappa shape index (κ3) is 3.54. The molecule has 0 spiro atoms. The molecule has 3 heterocycles. The Kier molecular flexibility index (Phi) is 4.93. The number of allylic oxidation sites excluding steroid dienone is 1. The molecule has 3 rings (SSSR count). The van der Waals surface area contributed by atoms with Crippen LogP contribution < -0.4 is 15.2 Å². The van der Waals surface area contributed by atoms with E-state index in [9.17, 15) is 4.79 Å². The zero-order valence-electron chi connectivity index (χ0n) is 14.0. The third-order valence-electron chi connectivity index (χ3n) is 3.68. The fraction of sp³-hybridized carbons (Fsp3) is 0.111. The summed E-state index contributed by atoms with van der Waals surface area (Å²) in [5.74, 6) is 0.701. The lowest BCUT2D eigenvalue weighted by atomic mass is 10.2. The van der Waals surface area contributed by atoms with Gasteiger partial charge in [0, 0.05) is 35.9 Å². The highest BCUT2D eigenvalue weighted by Crippen LogP contribution is 2.21. The number of methoxy groups -OCH3 is 1. The summed E-state index contributed by atoms with van der Waals surface area (Å²) >= 11 is 0. The number of nitrogens with one attached hydrogen (secondary N) is 1. The van der Waals surface area contributed by atoms with Crippen molar-refractivity contribution in [3.05, 3.63) is 59.7 Å². The van der Waals surface area contributed by atoms with Crippen LogP contribution in [0.15, 0.2) is 42.9 Å². The summed E-state index contributed by atoms with van der Waals surface area (Å²) in [7, 11) is 1.48. The Labute approximate surface area is 149 Å². The smallest absolute Gasteiger partial charge is 0.213 e. The molecule has 3 aromatic heterocycles. The summed E-state index contributed by atoms with van der Waals surface area (Å²) in [6.07, 6.45) is 8.42. The molecule has 0 aromatic carbocycles. The van der Waals surface area contributed by atoms with Gasteiger partial charge in [0.25, 0.3) is 0 Å². The van der Waals surface area contributed by atoms with E-state index in [4.69, 9.17) is 20.6 Å². The molecular weight excluding hydrogens is 334 g/mol.